The van der Waals surface area contributed by atoms with Crippen LogP contribution in [-0.2, 0) is 42.9 Å². The van der Waals surface area contributed by atoms with Crippen molar-refractivity contribution in [3.63, 3.8) is 0 Å². The van der Waals surface area contributed by atoms with Gasteiger partial charge >= 0.3 is 17.9 Å². The highest BCUT2D eigenvalue weighted by atomic mass is 32.2. The summed E-state index contributed by atoms with van der Waals surface area (Å²) < 4.78 is 26.3. The molecule has 0 amide bonds. The minimum atomic E-state index is -1.02. The summed E-state index contributed by atoms with van der Waals surface area (Å²) in [6.07, 6.45) is -3.88. The number of hydrogen-bond donors (Lipinski definition) is 0. The second-order valence-corrected chi connectivity index (χ2v) is 6.66. The number of esters is 3. The standard InChI is InChI=1S/C15H22O9S/c1-7(16)21-6-11-12(22-8(2)17)14(25-10(4)19)13(23-9(3)18)15(20-5)24-11/h11-15H,6H2,1-5H3/t11-,12-,13-,14-,15-/m1/s1. The Morgan fingerprint density at radius 1 is 0.920 bits per heavy atom. The fourth-order valence-corrected chi connectivity index (χ4v) is 3.44. The zero-order valence-electron chi connectivity index (χ0n) is 14.7. The van der Waals surface area contributed by atoms with Crippen LogP contribution in [0.1, 0.15) is 27.7 Å². The summed E-state index contributed by atoms with van der Waals surface area (Å²) in [4.78, 5) is 45.7. The van der Waals surface area contributed by atoms with E-state index in [1.54, 1.807) is 0 Å². The smallest absolute Gasteiger partial charge is 0.303 e. The van der Waals surface area contributed by atoms with Crippen LogP contribution in [0, 0.1) is 0 Å². The Labute approximate surface area is 149 Å². The molecule has 0 aromatic rings. The second kappa shape index (κ2) is 9.73. The first-order valence-electron chi connectivity index (χ1n) is 7.49. The molecule has 1 saturated heterocycles. The van der Waals surface area contributed by atoms with Crippen LogP contribution in [-0.4, -0.2) is 66.6 Å². The molecule has 1 rings (SSSR count). The van der Waals surface area contributed by atoms with E-state index < -0.39 is 47.8 Å². The maximum Gasteiger partial charge on any atom is 0.303 e. The van der Waals surface area contributed by atoms with Crippen molar-refractivity contribution in [2.24, 2.45) is 0 Å². The zero-order valence-corrected chi connectivity index (χ0v) is 15.5. The van der Waals surface area contributed by atoms with E-state index >= 15 is 0 Å². The molecule has 0 unspecified atom stereocenters. The lowest BCUT2D eigenvalue weighted by molar-refractivity contribution is -0.267. The van der Waals surface area contributed by atoms with E-state index in [0.717, 1.165) is 11.8 Å². The third-order valence-electron chi connectivity index (χ3n) is 3.18. The Balaban J connectivity index is 3.18. The van der Waals surface area contributed by atoms with Crippen LogP contribution < -0.4 is 0 Å². The molecular weight excluding hydrogens is 356 g/mol. The van der Waals surface area contributed by atoms with Gasteiger partial charge in [0.15, 0.2) is 17.5 Å². The molecule has 0 bridgehead atoms. The van der Waals surface area contributed by atoms with Crippen molar-refractivity contribution in [1.82, 2.24) is 0 Å². The molecule has 0 saturated carbocycles. The molecule has 0 aromatic heterocycles. The molecule has 9 nitrogen and oxygen atoms in total. The van der Waals surface area contributed by atoms with Crippen LogP contribution in [0.5, 0.6) is 0 Å². The average molecular weight is 378 g/mol. The summed E-state index contributed by atoms with van der Waals surface area (Å²) in [5.41, 5.74) is 0. The molecule has 0 radical (unpaired) electrons. The summed E-state index contributed by atoms with van der Waals surface area (Å²) in [6, 6.07) is 0. The Bertz CT molecular complexity index is 521. The van der Waals surface area contributed by atoms with Gasteiger partial charge in [-0.25, -0.2) is 0 Å². The van der Waals surface area contributed by atoms with Crippen LogP contribution in [0.15, 0.2) is 0 Å². The topological polar surface area (TPSA) is 114 Å². The molecule has 10 heteroatoms. The van der Waals surface area contributed by atoms with Crippen molar-refractivity contribution in [1.29, 1.82) is 0 Å². The van der Waals surface area contributed by atoms with Crippen molar-refractivity contribution in [2.45, 2.75) is 57.5 Å². The van der Waals surface area contributed by atoms with Gasteiger partial charge in [-0.05, 0) is 0 Å². The van der Waals surface area contributed by atoms with E-state index in [0.29, 0.717) is 0 Å². The van der Waals surface area contributed by atoms with Crippen LogP contribution in [0.2, 0.25) is 0 Å². The Morgan fingerprint density at radius 3 is 1.92 bits per heavy atom. The van der Waals surface area contributed by atoms with Gasteiger partial charge in [0, 0.05) is 34.8 Å². The molecule has 5 atom stereocenters. The maximum atomic E-state index is 11.7. The van der Waals surface area contributed by atoms with Gasteiger partial charge in [-0.1, -0.05) is 11.8 Å². The zero-order chi connectivity index (χ0) is 19.1. The summed E-state index contributed by atoms with van der Waals surface area (Å²) in [5, 5.41) is -1.06. The Hall–Kier alpha value is -1.65. The SMILES string of the molecule is CO[C@@H]1O[C@H](COC(C)=O)[C@@H](OC(C)=O)[C@@H](SC(C)=O)[C@H]1OC(C)=O. The highest BCUT2D eigenvalue weighted by Crippen LogP contribution is 2.35. The van der Waals surface area contributed by atoms with E-state index in [1.165, 1.54) is 34.8 Å². The molecule has 1 fully saturated rings. The average Bonchev–Trinajstić information content (AvgIpc) is 2.48. The summed E-state index contributed by atoms with van der Waals surface area (Å²) >= 11 is 0.839. The van der Waals surface area contributed by atoms with Gasteiger partial charge in [0.2, 0.25) is 0 Å². The van der Waals surface area contributed by atoms with Crippen LogP contribution >= 0.6 is 11.8 Å². The van der Waals surface area contributed by atoms with Crippen molar-refractivity contribution >= 4 is 34.8 Å². The largest absolute Gasteiger partial charge is 0.463 e. The molecule has 0 N–H and O–H groups in total. The quantitative estimate of drug-likeness (QED) is 0.476. The Morgan fingerprint density at radius 2 is 1.48 bits per heavy atom. The van der Waals surface area contributed by atoms with Gasteiger partial charge in [0.25, 0.3) is 0 Å². The highest BCUT2D eigenvalue weighted by Gasteiger charge is 2.51. The Kier molecular flexibility index (Phi) is 8.33. The van der Waals surface area contributed by atoms with Crippen molar-refractivity contribution < 1.29 is 42.9 Å². The molecule has 0 aromatic carbocycles. The lowest BCUT2D eigenvalue weighted by Crippen LogP contribution is -2.60. The van der Waals surface area contributed by atoms with E-state index in [1.807, 2.05) is 0 Å². The van der Waals surface area contributed by atoms with Crippen LogP contribution in [0.3, 0.4) is 0 Å². The molecular formula is C15H22O9S. The predicted octanol–water partition coefficient (Wildman–Crippen LogP) is 0.433. The lowest BCUT2D eigenvalue weighted by atomic mass is 10.0. The molecule has 1 heterocycles. The number of rotatable bonds is 6. The van der Waals surface area contributed by atoms with Crippen molar-refractivity contribution in [3.8, 4) is 0 Å². The molecule has 0 spiro atoms. The lowest BCUT2D eigenvalue weighted by Gasteiger charge is -2.43. The minimum Gasteiger partial charge on any atom is -0.463 e. The molecule has 0 aliphatic carbocycles. The normalized spacial score (nSPS) is 28.8. The van der Waals surface area contributed by atoms with Gasteiger partial charge in [-0.15, -0.1) is 0 Å². The van der Waals surface area contributed by atoms with Gasteiger partial charge in [-0.3, -0.25) is 19.2 Å². The first kappa shape index (κ1) is 21.4. The van der Waals surface area contributed by atoms with Gasteiger partial charge in [0.05, 0.1) is 5.25 Å². The van der Waals surface area contributed by atoms with Gasteiger partial charge in [-0.2, -0.15) is 0 Å². The van der Waals surface area contributed by atoms with Crippen LogP contribution in [0.25, 0.3) is 0 Å². The van der Waals surface area contributed by atoms with E-state index in [-0.39, 0.29) is 11.7 Å². The second-order valence-electron chi connectivity index (χ2n) is 5.30. The third kappa shape index (κ3) is 6.63. The van der Waals surface area contributed by atoms with E-state index in [9.17, 15) is 19.2 Å². The highest BCUT2D eigenvalue weighted by molar-refractivity contribution is 8.14. The monoisotopic (exact) mass is 378 g/mol. The number of carbonyl (C=O) groups is 4. The first-order chi connectivity index (χ1) is 11.6. The summed E-state index contributed by atoms with van der Waals surface area (Å²) in [5.74, 6) is -1.77. The minimum absolute atomic E-state index is 0.213. The third-order valence-corrected chi connectivity index (χ3v) is 4.32. The molecule has 1 aliphatic rings. The molecule has 25 heavy (non-hydrogen) atoms. The molecule has 142 valence electrons. The number of methoxy groups -OCH3 is 1. The van der Waals surface area contributed by atoms with E-state index in [2.05, 4.69) is 0 Å². The van der Waals surface area contributed by atoms with E-state index in [4.69, 9.17) is 23.7 Å². The van der Waals surface area contributed by atoms with Crippen molar-refractivity contribution in [2.75, 3.05) is 13.7 Å². The fourth-order valence-electron chi connectivity index (χ4n) is 2.38. The summed E-state index contributed by atoms with van der Waals surface area (Å²) in [6.45, 7) is 4.74. The van der Waals surface area contributed by atoms with Gasteiger partial charge < -0.3 is 23.7 Å². The van der Waals surface area contributed by atoms with Crippen molar-refractivity contribution in [3.05, 3.63) is 0 Å². The van der Waals surface area contributed by atoms with Gasteiger partial charge in [0.1, 0.15) is 18.8 Å². The number of ether oxygens (including phenoxy) is 5. The van der Waals surface area contributed by atoms with Crippen LogP contribution in [0.4, 0.5) is 0 Å². The molecule has 1 aliphatic heterocycles. The fraction of sp³-hybridized carbons (Fsp3) is 0.733. The number of thioether (sulfide) groups is 1. The number of carbonyl (C=O) groups excluding carboxylic acids is 4. The summed E-state index contributed by atoms with van der Waals surface area (Å²) in [7, 11) is 1.34. The first-order valence-corrected chi connectivity index (χ1v) is 8.37. The maximum absolute atomic E-state index is 11.7. The predicted molar refractivity (Wildman–Crippen MR) is 85.5 cm³/mol. The number of hydrogen-bond acceptors (Lipinski definition) is 10.